The van der Waals surface area contributed by atoms with E-state index in [0.29, 0.717) is 11.0 Å². The molecule has 0 aliphatic heterocycles. The summed E-state index contributed by atoms with van der Waals surface area (Å²) < 4.78 is 39.8. The number of nitrogen functional groups attached to an aromatic ring is 1. The van der Waals surface area contributed by atoms with Crippen molar-refractivity contribution in [1.29, 1.82) is 0 Å². The Morgan fingerprint density at radius 3 is 2.21 bits per heavy atom. The Morgan fingerprint density at radius 1 is 1.08 bits per heavy atom. The topological polar surface area (TPSA) is 56.7 Å². The van der Waals surface area contributed by atoms with Crippen LogP contribution in [0.4, 0.5) is 19.0 Å². The fourth-order valence-corrected chi connectivity index (χ4v) is 3.21. The zero-order valence-corrected chi connectivity index (χ0v) is 14.1. The van der Waals surface area contributed by atoms with Gasteiger partial charge >= 0.3 is 6.18 Å². The molecule has 0 bridgehead atoms. The Balaban J connectivity index is 2.29. The number of nitrogens with two attached hydrogens (primary N) is 1. The Kier molecular flexibility index (Phi) is 3.88. The molecule has 0 aliphatic rings. The summed E-state index contributed by atoms with van der Waals surface area (Å²) >= 11 is 12.0. The summed E-state index contributed by atoms with van der Waals surface area (Å²) in [4.78, 5) is 4.28. The minimum absolute atomic E-state index is 0.0823. The minimum atomic E-state index is -4.55. The van der Waals surface area contributed by atoms with Crippen molar-refractivity contribution in [2.45, 2.75) is 20.0 Å². The van der Waals surface area contributed by atoms with E-state index in [0.717, 1.165) is 23.4 Å². The predicted octanol–water partition coefficient (Wildman–Crippen LogP) is 4.95. The summed E-state index contributed by atoms with van der Waals surface area (Å²) in [5.41, 5.74) is 7.21. The van der Waals surface area contributed by atoms with Crippen LogP contribution in [0.5, 0.6) is 0 Å². The fraction of sp³-hybridized carbons (Fsp3) is 0.200. The average molecular weight is 375 g/mol. The molecule has 2 aromatic heterocycles. The number of anilines is 1. The van der Waals surface area contributed by atoms with E-state index in [1.54, 1.807) is 6.92 Å². The van der Waals surface area contributed by atoms with E-state index in [-0.39, 0.29) is 21.6 Å². The summed E-state index contributed by atoms with van der Waals surface area (Å²) in [6, 6.07) is 3.42. The molecule has 0 unspecified atom stereocenters. The van der Waals surface area contributed by atoms with Gasteiger partial charge < -0.3 is 5.73 Å². The van der Waals surface area contributed by atoms with Crippen LogP contribution in [0.3, 0.4) is 0 Å². The smallest absolute Gasteiger partial charge is 0.383 e. The predicted molar refractivity (Wildman–Crippen MR) is 87.8 cm³/mol. The third-order valence-corrected chi connectivity index (χ3v) is 4.14. The first-order chi connectivity index (χ1) is 11.1. The van der Waals surface area contributed by atoms with Gasteiger partial charge in [0.2, 0.25) is 0 Å². The lowest BCUT2D eigenvalue weighted by atomic mass is 10.1. The lowest BCUT2D eigenvalue weighted by molar-refractivity contribution is -0.137. The number of benzene rings is 1. The van der Waals surface area contributed by atoms with E-state index in [9.17, 15) is 13.2 Å². The first-order valence-corrected chi connectivity index (χ1v) is 7.54. The fourth-order valence-electron chi connectivity index (χ4n) is 2.56. The number of aromatic nitrogens is 3. The highest BCUT2D eigenvalue weighted by atomic mass is 35.5. The number of nitrogens with zero attached hydrogens (tertiary/aromatic N) is 3. The number of alkyl halides is 3. The second-order valence-electron chi connectivity index (χ2n) is 5.36. The molecule has 1 aromatic carbocycles. The Hall–Kier alpha value is -1.99. The molecule has 0 fully saturated rings. The van der Waals surface area contributed by atoms with Crippen LogP contribution in [0.1, 0.15) is 16.8 Å². The van der Waals surface area contributed by atoms with Crippen LogP contribution in [0, 0.1) is 13.8 Å². The molecule has 0 radical (unpaired) electrons. The molecular weight excluding hydrogens is 364 g/mol. The lowest BCUT2D eigenvalue weighted by Gasteiger charge is -2.13. The van der Waals surface area contributed by atoms with Crippen molar-refractivity contribution in [1.82, 2.24) is 14.8 Å². The summed E-state index contributed by atoms with van der Waals surface area (Å²) in [7, 11) is 0. The maximum atomic E-state index is 12.9. The highest BCUT2D eigenvalue weighted by molar-refractivity contribution is 6.38. The number of halogens is 5. The molecule has 3 rings (SSSR count). The van der Waals surface area contributed by atoms with Gasteiger partial charge in [-0.2, -0.15) is 13.2 Å². The van der Waals surface area contributed by atoms with Crippen LogP contribution < -0.4 is 5.73 Å². The van der Waals surface area contributed by atoms with E-state index < -0.39 is 11.7 Å². The zero-order chi connectivity index (χ0) is 17.8. The van der Waals surface area contributed by atoms with Crippen molar-refractivity contribution in [3.05, 3.63) is 45.1 Å². The molecule has 0 atom stereocenters. The largest absolute Gasteiger partial charge is 0.416 e. The minimum Gasteiger partial charge on any atom is -0.383 e. The summed E-state index contributed by atoms with van der Waals surface area (Å²) in [5.74, 6) is 0.207. The van der Waals surface area contributed by atoms with E-state index in [4.69, 9.17) is 28.9 Å². The van der Waals surface area contributed by atoms with Gasteiger partial charge in [-0.05, 0) is 37.6 Å². The van der Waals surface area contributed by atoms with Crippen molar-refractivity contribution in [3.8, 4) is 5.69 Å². The number of aryl methyl sites for hydroxylation is 2. The molecule has 0 amide bonds. The number of hydrogen-bond donors (Lipinski definition) is 1. The van der Waals surface area contributed by atoms with Crippen molar-refractivity contribution in [2.75, 3.05) is 5.73 Å². The molecule has 0 saturated carbocycles. The normalized spacial score (nSPS) is 12.1. The van der Waals surface area contributed by atoms with Crippen molar-refractivity contribution in [2.24, 2.45) is 0 Å². The zero-order valence-electron chi connectivity index (χ0n) is 12.5. The molecule has 9 heteroatoms. The van der Waals surface area contributed by atoms with E-state index in [1.165, 1.54) is 4.68 Å². The average Bonchev–Trinajstić information content (AvgIpc) is 2.74. The quantitative estimate of drug-likeness (QED) is 0.655. The molecule has 0 spiro atoms. The molecule has 2 N–H and O–H groups in total. The van der Waals surface area contributed by atoms with Crippen molar-refractivity contribution >= 4 is 40.1 Å². The van der Waals surface area contributed by atoms with Gasteiger partial charge in [-0.3, -0.25) is 0 Å². The van der Waals surface area contributed by atoms with Gasteiger partial charge in [0, 0.05) is 5.69 Å². The van der Waals surface area contributed by atoms with E-state index in [2.05, 4.69) is 10.1 Å². The SMILES string of the molecule is Cc1cc(C)c2c(N)n(-c3c(Cl)cc(C(F)(F)F)cc3Cl)nc2n1. The third kappa shape index (κ3) is 2.67. The standard InChI is InChI=1S/C15H11Cl2F3N4/c1-6-3-7(2)22-14-11(6)13(21)24(23-14)12-9(16)4-8(5-10(12)17)15(18,19)20/h3-5H,21H2,1-2H3. The van der Waals surface area contributed by atoms with Crippen LogP contribution in [-0.4, -0.2) is 14.8 Å². The van der Waals surface area contributed by atoms with E-state index >= 15 is 0 Å². The lowest BCUT2D eigenvalue weighted by Crippen LogP contribution is -2.08. The Bertz CT molecular complexity index is 940. The first kappa shape index (κ1) is 16.9. The molecule has 126 valence electrons. The summed E-state index contributed by atoms with van der Waals surface area (Å²) in [6.07, 6.45) is -4.55. The van der Waals surface area contributed by atoms with Gasteiger partial charge in [-0.15, -0.1) is 5.10 Å². The molecule has 0 saturated heterocycles. The molecular formula is C15H11Cl2F3N4. The van der Waals surface area contributed by atoms with Gasteiger partial charge in [0.05, 0.1) is 21.0 Å². The van der Waals surface area contributed by atoms with Crippen molar-refractivity contribution < 1.29 is 13.2 Å². The Morgan fingerprint density at radius 2 is 1.67 bits per heavy atom. The van der Waals surface area contributed by atoms with Crippen LogP contribution >= 0.6 is 23.2 Å². The van der Waals surface area contributed by atoms with Crippen LogP contribution in [0.25, 0.3) is 16.7 Å². The van der Waals surface area contributed by atoms with Gasteiger partial charge in [-0.25, -0.2) is 9.67 Å². The maximum absolute atomic E-state index is 12.9. The van der Waals surface area contributed by atoms with Crippen LogP contribution in [0.15, 0.2) is 18.2 Å². The highest BCUT2D eigenvalue weighted by Gasteiger charge is 2.32. The summed E-state index contributed by atoms with van der Waals surface area (Å²) in [5, 5.41) is 4.44. The highest BCUT2D eigenvalue weighted by Crippen LogP contribution is 2.39. The van der Waals surface area contributed by atoms with Gasteiger partial charge in [0.1, 0.15) is 11.5 Å². The summed E-state index contributed by atoms with van der Waals surface area (Å²) in [6.45, 7) is 3.65. The van der Waals surface area contributed by atoms with Crippen molar-refractivity contribution in [3.63, 3.8) is 0 Å². The molecule has 4 nitrogen and oxygen atoms in total. The second-order valence-corrected chi connectivity index (χ2v) is 6.18. The monoisotopic (exact) mass is 374 g/mol. The number of rotatable bonds is 1. The Labute approximate surface area is 145 Å². The van der Waals surface area contributed by atoms with Gasteiger partial charge in [-0.1, -0.05) is 23.2 Å². The number of hydrogen-bond acceptors (Lipinski definition) is 3. The molecule has 3 aromatic rings. The van der Waals surface area contributed by atoms with Crippen LogP contribution in [0.2, 0.25) is 10.0 Å². The van der Waals surface area contributed by atoms with E-state index in [1.807, 2.05) is 13.0 Å². The van der Waals surface area contributed by atoms with Gasteiger partial charge in [0.15, 0.2) is 5.65 Å². The molecule has 2 heterocycles. The first-order valence-electron chi connectivity index (χ1n) is 6.78. The maximum Gasteiger partial charge on any atom is 0.416 e. The number of fused-ring (bicyclic) bond motifs is 1. The second kappa shape index (κ2) is 5.53. The van der Waals surface area contributed by atoms with Crippen LogP contribution in [-0.2, 0) is 6.18 Å². The molecule has 24 heavy (non-hydrogen) atoms. The number of pyridine rings is 1. The van der Waals surface area contributed by atoms with Gasteiger partial charge in [0.25, 0.3) is 0 Å². The third-order valence-electron chi connectivity index (χ3n) is 3.56. The molecule has 0 aliphatic carbocycles.